The molecular formula is C25H36O6. The van der Waals surface area contributed by atoms with Crippen molar-refractivity contribution in [2.75, 3.05) is 0 Å². The fraction of sp³-hybridized carbons (Fsp3) is 0.440. The van der Waals surface area contributed by atoms with Gasteiger partial charge < -0.3 is 20.4 Å². The normalized spacial score (nSPS) is 12.8. The molecule has 0 spiro atoms. The number of carbonyl (C=O) groups is 2. The molecule has 0 saturated heterocycles. The van der Waals surface area contributed by atoms with Gasteiger partial charge in [-0.2, -0.15) is 0 Å². The molecule has 0 aliphatic heterocycles. The zero-order valence-electron chi connectivity index (χ0n) is 18.6. The molecule has 0 radical (unpaired) electrons. The van der Waals surface area contributed by atoms with Crippen molar-refractivity contribution in [2.24, 2.45) is 5.92 Å². The molecule has 2 aromatic carbocycles. The van der Waals surface area contributed by atoms with E-state index in [1.54, 1.807) is 60.7 Å². The standard InChI is InChI=1S/C11H24O2.2C7H6O2/c1-4-7-10(12)9(6-3)11(13)8-5-2;2*8-7(9)6-4-2-1-3-5-6/h9-13H,4-8H2,1-3H3;2*1-5H,(H,8,9). The van der Waals surface area contributed by atoms with E-state index in [-0.39, 0.29) is 18.1 Å². The fourth-order valence-corrected chi connectivity index (χ4v) is 2.98. The van der Waals surface area contributed by atoms with Crippen LogP contribution in [-0.4, -0.2) is 44.6 Å². The van der Waals surface area contributed by atoms with Gasteiger partial charge in [0.25, 0.3) is 0 Å². The summed E-state index contributed by atoms with van der Waals surface area (Å²) in [5.41, 5.74) is 0.662. The third-order valence-corrected chi connectivity index (χ3v) is 4.67. The van der Waals surface area contributed by atoms with Crippen LogP contribution in [0.4, 0.5) is 0 Å². The topological polar surface area (TPSA) is 115 Å². The third-order valence-electron chi connectivity index (χ3n) is 4.67. The monoisotopic (exact) mass is 432 g/mol. The lowest BCUT2D eigenvalue weighted by Crippen LogP contribution is -2.31. The molecule has 6 nitrogen and oxygen atoms in total. The summed E-state index contributed by atoms with van der Waals surface area (Å²) in [6, 6.07) is 16.6. The highest BCUT2D eigenvalue weighted by Gasteiger charge is 2.23. The minimum absolute atomic E-state index is 0.0694. The summed E-state index contributed by atoms with van der Waals surface area (Å²) in [7, 11) is 0. The highest BCUT2D eigenvalue weighted by molar-refractivity contribution is 5.87. The quantitative estimate of drug-likeness (QED) is 0.438. The first-order valence-electron chi connectivity index (χ1n) is 10.7. The zero-order chi connectivity index (χ0) is 23.6. The molecule has 2 unspecified atom stereocenters. The zero-order valence-corrected chi connectivity index (χ0v) is 18.6. The van der Waals surface area contributed by atoms with Gasteiger partial charge in [-0.25, -0.2) is 9.59 Å². The van der Waals surface area contributed by atoms with Gasteiger partial charge in [-0.1, -0.05) is 70.0 Å². The smallest absolute Gasteiger partial charge is 0.335 e. The third kappa shape index (κ3) is 12.6. The van der Waals surface area contributed by atoms with Gasteiger partial charge in [-0.3, -0.25) is 0 Å². The molecule has 172 valence electrons. The Morgan fingerprint density at radius 3 is 1.19 bits per heavy atom. The van der Waals surface area contributed by atoms with Crippen LogP contribution in [0.2, 0.25) is 0 Å². The van der Waals surface area contributed by atoms with Crippen LogP contribution in [-0.2, 0) is 0 Å². The summed E-state index contributed by atoms with van der Waals surface area (Å²) in [4.78, 5) is 20.4. The van der Waals surface area contributed by atoms with Crippen LogP contribution in [0.25, 0.3) is 0 Å². The highest BCUT2D eigenvalue weighted by Crippen LogP contribution is 2.20. The number of aliphatic hydroxyl groups excluding tert-OH is 2. The Hall–Kier alpha value is -2.70. The summed E-state index contributed by atoms with van der Waals surface area (Å²) in [6.45, 7) is 6.15. The molecule has 2 aromatic rings. The van der Waals surface area contributed by atoms with Gasteiger partial charge in [-0.15, -0.1) is 0 Å². The predicted octanol–water partition coefficient (Wildman–Crippen LogP) is 5.10. The van der Waals surface area contributed by atoms with Gasteiger partial charge >= 0.3 is 11.9 Å². The van der Waals surface area contributed by atoms with Crippen molar-refractivity contribution in [3.05, 3.63) is 71.8 Å². The van der Waals surface area contributed by atoms with E-state index in [1.807, 2.05) is 6.92 Å². The van der Waals surface area contributed by atoms with Gasteiger partial charge in [0, 0.05) is 5.92 Å². The van der Waals surface area contributed by atoms with E-state index in [4.69, 9.17) is 10.2 Å². The van der Waals surface area contributed by atoms with Gasteiger partial charge in [0.2, 0.25) is 0 Å². The Kier molecular flexibility index (Phi) is 15.5. The lowest BCUT2D eigenvalue weighted by Gasteiger charge is -2.26. The van der Waals surface area contributed by atoms with E-state index in [0.29, 0.717) is 11.1 Å². The lowest BCUT2D eigenvalue weighted by atomic mass is 9.88. The lowest BCUT2D eigenvalue weighted by molar-refractivity contribution is 0.00198. The molecule has 2 rings (SSSR count). The SMILES string of the molecule is CCCC(O)C(CC)C(O)CCC.O=C(O)c1ccccc1.O=C(O)c1ccccc1. The Morgan fingerprint density at radius 1 is 0.677 bits per heavy atom. The first-order valence-corrected chi connectivity index (χ1v) is 10.7. The molecule has 0 fully saturated rings. The molecule has 0 aliphatic carbocycles. The van der Waals surface area contributed by atoms with Crippen molar-refractivity contribution >= 4 is 11.9 Å². The summed E-state index contributed by atoms with van der Waals surface area (Å²) in [5.74, 6) is -1.69. The van der Waals surface area contributed by atoms with Gasteiger partial charge in [0.15, 0.2) is 0 Å². The summed E-state index contributed by atoms with van der Waals surface area (Å²) in [6.07, 6.45) is 3.79. The van der Waals surface area contributed by atoms with Crippen LogP contribution >= 0.6 is 0 Å². The van der Waals surface area contributed by atoms with E-state index in [9.17, 15) is 19.8 Å². The number of hydrogen-bond acceptors (Lipinski definition) is 4. The average molecular weight is 433 g/mol. The molecule has 4 N–H and O–H groups in total. The van der Waals surface area contributed by atoms with E-state index in [2.05, 4.69) is 13.8 Å². The van der Waals surface area contributed by atoms with Crippen molar-refractivity contribution in [3.8, 4) is 0 Å². The Morgan fingerprint density at radius 2 is 1.00 bits per heavy atom. The number of benzene rings is 2. The molecule has 2 atom stereocenters. The summed E-state index contributed by atoms with van der Waals surface area (Å²) < 4.78 is 0. The van der Waals surface area contributed by atoms with Gasteiger partial charge in [0.05, 0.1) is 23.3 Å². The number of aliphatic hydroxyl groups is 2. The van der Waals surface area contributed by atoms with E-state index < -0.39 is 11.9 Å². The number of carboxylic acids is 2. The minimum Gasteiger partial charge on any atom is -0.478 e. The van der Waals surface area contributed by atoms with Gasteiger partial charge in [0.1, 0.15) is 0 Å². The maximum absolute atomic E-state index is 10.2. The van der Waals surface area contributed by atoms with Gasteiger partial charge in [-0.05, 0) is 43.5 Å². The first kappa shape index (κ1) is 28.3. The van der Waals surface area contributed by atoms with Crippen LogP contribution in [0.15, 0.2) is 60.7 Å². The largest absolute Gasteiger partial charge is 0.478 e. The second-order valence-electron chi connectivity index (χ2n) is 7.13. The summed E-state index contributed by atoms with van der Waals surface area (Å²) in [5, 5.41) is 36.3. The van der Waals surface area contributed by atoms with Crippen molar-refractivity contribution in [3.63, 3.8) is 0 Å². The van der Waals surface area contributed by atoms with Crippen molar-refractivity contribution in [2.45, 2.75) is 65.1 Å². The Bertz CT molecular complexity index is 656. The predicted molar refractivity (Wildman–Crippen MR) is 122 cm³/mol. The molecule has 0 amide bonds. The van der Waals surface area contributed by atoms with E-state index in [1.165, 1.54) is 0 Å². The van der Waals surface area contributed by atoms with Crippen LogP contribution < -0.4 is 0 Å². The van der Waals surface area contributed by atoms with E-state index >= 15 is 0 Å². The molecule has 31 heavy (non-hydrogen) atoms. The fourth-order valence-electron chi connectivity index (χ4n) is 2.98. The Balaban J connectivity index is 0.000000445. The number of carboxylic acid groups (broad SMARTS) is 2. The van der Waals surface area contributed by atoms with Crippen LogP contribution in [0.3, 0.4) is 0 Å². The Labute approximate surface area is 185 Å². The maximum Gasteiger partial charge on any atom is 0.335 e. The first-order chi connectivity index (χ1) is 14.8. The molecule has 0 aliphatic rings. The van der Waals surface area contributed by atoms with Crippen LogP contribution in [0, 0.1) is 5.92 Å². The second kappa shape index (κ2) is 17.0. The maximum atomic E-state index is 10.2. The molecule has 0 saturated carbocycles. The van der Waals surface area contributed by atoms with Crippen LogP contribution in [0.5, 0.6) is 0 Å². The van der Waals surface area contributed by atoms with Crippen molar-refractivity contribution in [1.82, 2.24) is 0 Å². The molecule has 0 heterocycles. The van der Waals surface area contributed by atoms with E-state index in [0.717, 1.165) is 32.1 Å². The molecular weight excluding hydrogens is 396 g/mol. The second-order valence-corrected chi connectivity index (χ2v) is 7.13. The molecule has 6 heteroatoms. The van der Waals surface area contributed by atoms with Crippen molar-refractivity contribution < 1.29 is 30.0 Å². The molecule has 0 aromatic heterocycles. The molecule has 0 bridgehead atoms. The highest BCUT2D eigenvalue weighted by atomic mass is 16.4. The minimum atomic E-state index is -0.879. The summed E-state index contributed by atoms with van der Waals surface area (Å²) >= 11 is 0. The number of rotatable bonds is 9. The number of hydrogen-bond donors (Lipinski definition) is 4. The number of aromatic carboxylic acids is 2. The van der Waals surface area contributed by atoms with Crippen LogP contribution in [0.1, 0.15) is 73.6 Å². The van der Waals surface area contributed by atoms with Crippen molar-refractivity contribution in [1.29, 1.82) is 0 Å². The average Bonchev–Trinajstić information content (AvgIpc) is 2.77.